The third kappa shape index (κ3) is 2.33. The number of likely N-dealkylation sites (tertiary alicyclic amines) is 1. The van der Waals surface area contributed by atoms with Gasteiger partial charge in [-0.25, -0.2) is 0 Å². The summed E-state index contributed by atoms with van der Waals surface area (Å²) in [5.41, 5.74) is 0. The third-order valence-electron chi connectivity index (χ3n) is 4.24. The zero-order chi connectivity index (χ0) is 10.8. The van der Waals surface area contributed by atoms with Crippen LogP contribution in [0.15, 0.2) is 0 Å². The molecule has 2 unspecified atom stereocenters. The molecule has 1 heterocycles. The van der Waals surface area contributed by atoms with Crippen molar-refractivity contribution in [3.8, 4) is 0 Å². The second kappa shape index (κ2) is 4.52. The molecular weight excluding hydrogens is 190 g/mol. The SMILES string of the molecule is CN1CCCC1C(CC(=O)O)C1CCC1. The van der Waals surface area contributed by atoms with Crippen LogP contribution in [0.4, 0.5) is 0 Å². The lowest BCUT2D eigenvalue weighted by Crippen LogP contribution is -2.40. The summed E-state index contributed by atoms with van der Waals surface area (Å²) in [6.45, 7) is 1.15. The van der Waals surface area contributed by atoms with E-state index in [2.05, 4.69) is 11.9 Å². The predicted octanol–water partition coefficient (Wildman–Crippen LogP) is 1.97. The van der Waals surface area contributed by atoms with Gasteiger partial charge in [0, 0.05) is 12.5 Å². The molecule has 0 amide bonds. The van der Waals surface area contributed by atoms with Gasteiger partial charge in [0.1, 0.15) is 0 Å². The van der Waals surface area contributed by atoms with E-state index in [0.29, 0.717) is 24.3 Å². The van der Waals surface area contributed by atoms with Crippen molar-refractivity contribution in [1.29, 1.82) is 0 Å². The molecule has 0 spiro atoms. The summed E-state index contributed by atoms with van der Waals surface area (Å²) in [5.74, 6) is 0.475. The standard InChI is InChI=1S/C12H21NO2/c1-13-7-3-6-11(13)10(8-12(14)15)9-4-2-5-9/h9-11H,2-8H2,1H3,(H,14,15). The molecule has 2 atom stereocenters. The lowest BCUT2D eigenvalue weighted by Gasteiger charge is -2.39. The first-order chi connectivity index (χ1) is 7.18. The number of hydrogen-bond donors (Lipinski definition) is 1. The highest BCUT2D eigenvalue weighted by Crippen LogP contribution is 2.40. The predicted molar refractivity (Wildman–Crippen MR) is 58.7 cm³/mol. The molecule has 2 aliphatic rings. The average molecular weight is 211 g/mol. The lowest BCUT2D eigenvalue weighted by atomic mass is 9.71. The molecular formula is C12H21NO2. The number of carboxylic acids is 1. The molecule has 1 aliphatic carbocycles. The van der Waals surface area contributed by atoms with Gasteiger partial charge in [0.25, 0.3) is 0 Å². The molecule has 3 heteroatoms. The maximum atomic E-state index is 10.9. The maximum Gasteiger partial charge on any atom is 0.303 e. The number of aliphatic carboxylic acids is 1. The van der Waals surface area contributed by atoms with Gasteiger partial charge in [0.15, 0.2) is 0 Å². The van der Waals surface area contributed by atoms with E-state index >= 15 is 0 Å². The van der Waals surface area contributed by atoms with E-state index in [1.165, 1.54) is 32.1 Å². The molecule has 1 N–H and O–H groups in total. The van der Waals surface area contributed by atoms with E-state index in [9.17, 15) is 4.79 Å². The summed E-state index contributed by atoms with van der Waals surface area (Å²) in [4.78, 5) is 13.3. The minimum absolute atomic E-state index is 0.375. The van der Waals surface area contributed by atoms with E-state index in [-0.39, 0.29) is 0 Å². The van der Waals surface area contributed by atoms with Crippen molar-refractivity contribution in [3.63, 3.8) is 0 Å². The van der Waals surface area contributed by atoms with Crippen molar-refractivity contribution in [1.82, 2.24) is 4.90 Å². The number of rotatable bonds is 4. The van der Waals surface area contributed by atoms with Crippen molar-refractivity contribution in [2.24, 2.45) is 11.8 Å². The fourth-order valence-corrected chi connectivity index (χ4v) is 3.16. The second-order valence-electron chi connectivity index (χ2n) is 5.14. The highest BCUT2D eigenvalue weighted by atomic mass is 16.4. The number of carboxylic acid groups (broad SMARTS) is 1. The first-order valence-electron chi connectivity index (χ1n) is 6.10. The van der Waals surface area contributed by atoms with Crippen LogP contribution in [0.25, 0.3) is 0 Å². The fraction of sp³-hybridized carbons (Fsp3) is 0.917. The quantitative estimate of drug-likeness (QED) is 0.773. The summed E-state index contributed by atoms with van der Waals surface area (Å²) in [6.07, 6.45) is 6.62. The van der Waals surface area contributed by atoms with Crippen LogP contribution in [-0.2, 0) is 4.79 Å². The van der Waals surface area contributed by atoms with Crippen LogP contribution >= 0.6 is 0 Å². The average Bonchev–Trinajstić information content (AvgIpc) is 2.46. The van der Waals surface area contributed by atoms with Gasteiger partial charge in [-0.15, -0.1) is 0 Å². The Kier molecular flexibility index (Phi) is 3.29. The van der Waals surface area contributed by atoms with Gasteiger partial charge >= 0.3 is 5.97 Å². The van der Waals surface area contributed by atoms with Crippen molar-refractivity contribution in [2.45, 2.75) is 44.6 Å². The van der Waals surface area contributed by atoms with Gasteiger partial charge in [-0.3, -0.25) is 4.79 Å². The third-order valence-corrected chi connectivity index (χ3v) is 4.24. The van der Waals surface area contributed by atoms with Crippen molar-refractivity contribution < 1.29 is 9.90 Å². The molecule has 1 saturated heterocycles. The highest BCUT2D eigenvalue weighted by molar-refractivity contribution is 5.67. The minimum atomic E-state index is -0.618. The molecule has 0 aromatic heterocycles. The van der Waals surface area contributed by atoms with Crippen LogP contribution in [0.2, 0.25) is 0 Å². The Morgan fingerprint density at radius 3 is 2.53 bits per heavy atom. The van der Waals surface area contributed by atoms with E-state index in [0.717, 1.165) is 6.54 Å². The van der Waals surface area contributed by atoms with Gasteiger partial charge in [-0.05, 0) is 38.3 Å². The Morgan fingerprint density at radius 2 is 2.13 bits per heavy atom. The molecule has 0 aromatic carbocycles. The fourth-order valence-electron chi connectivity index (χ4n) is 3.16. The van der Waals surface area contributed by atoms with Crippen molar-refractivity contribution in [3.05, 3.63) is 0 Å². The van der Waals surface area contributed by atoms with Gasteiger partial charge < -0.3 is 10.0 Å². The normalized spacial score (nSPS) is 30.1. The first-order valence-corrected chi connectivity index (χ1v) is 6.10. The van der Waals surface area contributed by atoms with Crippen LogP contribution in [0.3, 0.4) is 0 Å². The van der Waals surface area contributed by atoms with Gasteiger partial charge in [0.05, 0.1) is 0 Å². The van der Waals surface area contributed by atoms with Crippen molar-refractivity contribution >= 4 is 5.97 Å². The van der Waals surface area contributed by atoms with E-state index < -0.39 is 5.97 Å². The molecule has 0 aromatic rings. The molecule has 0 radical (unpaired) electrons. The Balaban J connectivity index is 1.99. The Morgan fingerprint density at radius 1 is 1.40 bits per heavy atom. The van der Waals surface area contributed by atoms with Gasteiger partial charge in [-0.1, -0.05) is 19.3 Å². The lowest BCUT2D eigenvalue weighted by molar-refractivity contribution is -0.139. The van der Waals surface area contributed by atoms with Crippen LogP contribution in [-0.4, -0.2) is 35.6 Å². The summed E-state index contributed by atoms with van der Waals surface area (Å²) in [6, 6.07) is 0.534. The Labute approximate surface area is 91.5 Å². The monoisotopic (exact) mass is 211 g/mol. The zero-order valence-electron chi connectivity index (χ0n) is 9.48. The van der Waals surface area contributed by atoms with E-state index in [4.69, 9.17) is 5.11 Å². The van der Waals surface area contributed by atoms with Crippen molar-refractivity contribution in [2.75, 3.05) is 13.6 Å². The maximum absolute atomic E-state index is 10.9. The Bertz CT molecular complexity index is 238. The van der Waals surface area contributed by atoms with E-state index in [1.807, 2.05) is 0 Å². The first kappa shape index (κ1) is 10.9. The van der Waals surface area contributed by atoms with Crippen LogP contribution in [0.1, 0.15) is 38.5 Å². The molecule has 1 saturated carbocycles. The number of nitrogens with zero attached hydrogens (tertiary/aromatic N) is 1. The highest BCUT2D eigenvalue weighted by Gasteiger charge is 2.38. The van der Waals surface area contributed by atoms with Gasteiger partial charge in [-0.2, -0.15) is 0 Å². The molecule has 86 valence electrons. The topological polar surface area (TPSA) is 40.5 Å². The molecule has 15 heavy (non-hydrogen) atoms. The molecule has 1 aliphatic heterocycles. The summed E-state index contributed by atoms with van der Waals surface area (Å²) >= 11 is 0. The molecule has 2 rings (SSSR count). The smallest absolute Gasteiger partial charge is 0.303 e. The number of carbonyl (C=O) groups is 1. The Hall–Kier alpha value is -0.570. The summed E-state index contributed by atoms with van der Waals surface area (Å²) in [7, 11) is 2.14. The van der Waals surface area contributed by atoms with Crippen LogP contribution < -0.4 is 0 Å². The number of hydrogen-bond acceptors (Lipinski definition) is 2. The minimum Gasteiger partial charge on any atom is -0.481 e. The zero-order valence-corrected chi connectivity index (χ0v) is 9.48. The summed E-state index contributed by atoms with van der Waals surface area (Å²) < 4.78 is 0. The summed E-state index contributed by atoms with van der Waals surface area (Å²) in [5, 5.41) is 8.98. The van der Waals surface area contributed by atoms with E-state index in [1.54, 1.807) is 0 Å². The molecule has 2 fully saturated rings. The van der Waals surface area contributed by atoms with Gasteiger partial charge in [0.2, 0.25) is 0 Å². The molecule has 3 nitrogen and oxygen atoms in total. The molecule has 0 bridgehead atoms. The van der Waals surface area contributed by atoms with Crippen LogP contribution in [0.5, 0.6) is 0 Å². The largest absolute Gasteiger partial charge is 0.481 e. The second-order valence-corrected chi connectivity index (χ2v) is 5.14. The van der Waals surface area contributed by atoms with Crippen LogP contribution in [0, 0.1) is 11.8 Å².